The fourth-order valence-electron chi connectivity index (χ4n) is 3.09. The van der Waals surface area contributed by atoms with Crippen LogP contribution in [0.1, 0.15) is 31.2 Å². The quantitative estimate of drug-likeness (QED) is 0.769. The van der Waals surface area contributed by atoms with Crippen LogP contribution in [0.5, 0.6) is 0 Å². The molecule has 31 heavy (non-hydrogen) atoms. The summed E-state index contributed by atoms with van der Waals surface area (Å²) in [5.74, 6) is -0.559. The summed E-state index contributed by atoms with van der Waals surface area (Å²) in [6, 6.07) is 14.9. The van der Waals surface area contributed by atoms with Crippen molar-refractivity contribution in [3.8, 4) is 22.6 Å². The van der Waals surface area contributed by atoms with E-state index in [9.17, 15) is 14.9 Å². The lowest BCUT2D eigenvalue weighted by Crippen LogP contribution is -2.57. The lowest BCUT2D eigenvalue weighted by Gasteiger charge is -2.39. The summed E-state index contributed by atoms with van der Waals surface area (Å²) in [6.07, 6.45) is -0.0200. The highest BCUT2D eigenvalue weighted by atomic mass is 32.1. The van der Waals surface area contributed by atoms with Crippen LogP contribution in [0.25, 0.3) is 10.4 Å². The smallest absolute Gasteiger partial charge is 0.410 e. The molecule has 0 aliphatic carbocycles. The Labute approximate surface area is 185 Å². The predicted molar refractivity (Wildman–Crippen MR) is 117 cm³/mol. The first-order valence-corrected chi connectivity index (χ1v) is 10.8. The van der Waals surface area contributed by atoms with Crippen molar-refractivity contribution in [1.82, 2.24) is 10.2 Å². The molecule has 1 N–H and O–H groups in total. The van der Waals surface area contributed by atoms with Crippen molar-refractivity contribution >= 4 is 23.3 Å². The Balaban J connectivity index is 1.52. The largest absolute Gasteiger partial charge is 0.444 e. The molecule has 1 aliphatic rings. The van der Waals surface area contributed by atoms with Gasteiger partial charge in [-0.25, -0.2) is 4.79 Å². The first-order chi connectivity index (χ1) is 14.7. The molecule has 8 heteroatoms. The zero-order chi connectivity index (χ0) is 22.6. The van der Waals surface area contributed by atoms with Gasteiger partial charge in [-0.2, -0.15) is 10.5 Å². The Kier molecular flexibility index (Phi) is 6.62. The minimum atomic E-state index is -0.643. The van der Waals surface area contributed by atoms with Crippen LogP contribution < -0.4 is 5.32 Å². The van der Waals surface area contributed by atoms with Crippen LogP contribution >= 0.6 is 11.3 Å². The van der Waals surface area contributed by atoms with Gasteiger partial charge >= 0.3 is 6.09 Å². The molecule has 0 unspecified atom stereocenters. The maximum absolute atomic E-state index is 12.5. The second-order valence-electron chi connectivity index (χ2n) is 8.43. The van der Waals surface area contributed by atoms with E-state index in [2.05, 4.69) is 17.5 Å². The maximum Gasteiger partial charge on any atom is 0.410 e. The number of hydrogen-bond acceptors (Lipinski definition) is 6. The highest BCUT2D eigenvalue weighted by Crippen LogP contribution is 2.29. The summed E-state index contributed by atoms with van der Waals surface area (Å²) >= 11 is 1.55. The standard InChI is InChI=1S/C23H24N4O3S/c1-23(2,3)30-22(29)27-13-17(14-27)21(28)26-18(12-25)10-19-8-9-20(31-19)16-6-4-15(11-24)5-7-16/h4-9,17-18H,10,13-14H2,1-3H3,(H,26,28)/t18-/m0/s1. The third-order valence-electron chi connectivity index (χ3n) is 4.74. The van der Waals surface area contributed by atoms with Crippen molar-refractivity contribution in [2.75, 3.05) is 13.1 Å². The summed E-state index contributed by atoms with van der Waals surface area (Å²) in [5.41, 5.74) is 1.03. The minimum absolute atomic E-state index is 0.227. The predicted octanol–water partition coefficient (Wildman–Crippen LogP) is 3.70. The number of likely N-dealkylation sites (tertiary alicyclic amines) is 1. The van der Waals surface area contributed by atoms with Crippen LogP contribution in [0.2, 0.25) is 0 Å². The fraction of sp³-hybridized carbons (Fsp3) is 0.391. The number of carbonyl (C=O) groups excluding carboxylic acids is 2. The van der Waals surface area contributed by atoms with Crippen molar-refractivity contribution in [3.05, 3.63) is 46.8 Å². The number of hydrogen-bond donors (Lipinski definition) is 1. The van der Waals surface area contributed by atoms with Crippen LogP contribution in [0.3, 0.4) is 0 Å². The summed E-state index contributed by atoms with van der Waals surface area (Å²) in [4.78, 5) is 28.0. The summed E-state index contributed by atoms with van der Waals surface area (Å²) in [5, 5.41) is 21.2. The Morgan fingerprint density at radius 2 is 1.87 bits per heavy atom. The number of thiophene rings is 1. The molecule has 7 nitrogen and oxygen atoms in total. The molecule has 1 aliphatic heterocycles. The molecule has 160 valence electrons. The SMILES string of the molecule is CC(C)(C)OC(=O)N1CC(C(=O)N[C@H](C#N)Cc2ccc(-c3ccc(C#N)cc3)s2)C1. The van der Waals surface area contributed by atoms with E-state index in [1.165, 1.54) is 4.90 Å². The Morgan fingerprint density at radius 3 is 2.45 bits per heavy atom. The molecule has 0 radical (unpaired) electrons. The Morgan fingerprint density at radius 1 is 1.19 bits per heavy atom. The molecule has 1 aromatic heterocycles. The molecular weight excluding hydrogens is 412 g/mol. The normalized spacial score (nSPS) is 14.7. The van der Waals surface area contributed by atoms with E-state index >= 15 is 0 Å². The summed E-state index contributed by atoms with van der Waals surface area (Å²) in [7, 11) is 0. The highest BCUT2D eigenvalue weighted by molar-refractivity contribution is 7.15. The summed E-state index contributed by atoms with van der Waals surface area (Å²) in [6.45, 7) is 5.97. The maximum atomic E-state index is 12.5. The molecule has 0 saturated carbocycles. The van der Waals surface area contributed by atoms with Crippen LogP contribution in [0, 0.1) is 28.6 Å². The van der Waals surface area contributed by atoms with Gasteiger partial charge in [-0.1, -0.05) is 12.1 Å². The van der Waals surface area contributed by atoms with Gasteiger partial charge in [-0.15, -0.1) is 11.3 Å². The van der Waals surface area contributed by atoms with E-state index in [-0.39, 0.29) is 11.8 Å². The van der Waals surface area contributed by atoms with E-state index in [4.69, 9.17) is 10.00 Å². The highest BCUT2D eigenvalue weighted by Gasteiger charge is 2.38. The monoisotopic (exact) mass is 436 g/mol. The molecule has 2 heterocycles. The number of rotatable bonds is 5. The molecule has 1 saturated heterocycles. The number of benzene rings is 1. The second kappa shape index (κ2) is 9.20. The average Bonchev–Trinajstić information content (AvgIpc) is 3.13. The van der Waals surface area contributed by atoms with Crippen LogP contribution in [-0.4, -0.2) is 41.6 Å². The molecule has 1 fully saturated rings. The number of nitriles is 2. The molecule has 3 rings (SSSR count). The molecule has 1 aromatic carbocycles. The van der Waals surface area contributed by atoms with Crippen molar-refractivity contribution < 1.29 is 14.3 Å². The number of amides is 2. The number of nitrogens with zero attached hydrogens (tertiary/aromatic N) is 3. The number of carbonyl (C=O) groups is 2. The van der Waals surface area contributed by atoms with Crippen LogP contribution in [0.4, 0.5) is 4.79 Å². The number of nitrogens with one attached hydrogen (secondary N) is 1. The number of ether oxygens (including phenoxy) is 1. The zero-order valence-electron chi connectivity index (χ0n) is 17.7. The molecule has 2 aromatic rings. The molecular formula is C23H24N4O3S. The minimum Gasteiger partial charge on any atom is -0.444 e. The summed E-state index contributed by atoms with van der Waals surface area (Å²) < 4.78 is 5.29. The van der Waals surface area contributed by atoms with E-state index in [0.29, 0.717) is 25.1 Å². The third kappa shape index (κ3) is 5.84. The van der Waals surface area contributed by atoms with Gasteiger partial charge in [0, 0.05) is 29.3 Å². The van der Waals surface area contributed by atoms with Crippen LogP contribution in [-0.2, 0) is 16.0 Å². The van der Waals surface area contributed by atoms with Gasteiger partial charge in [0.15, 0.2) is 0 Å². The zero-order valence-corrected chi connectivity index (χ0v) is 18.5. The lowest BCUT2D eigenvalue weighted by molar-refractivity contribution is -0.130. The first kappa shape index (κ1) is 22.3. The topological polar surface area (TPSA) is 106 Å². The van der Waals surface area contributed by atoms with E-state index < -0.39 is 17.7 Å². The van der Waals surface area contributed by atoms with Gasteiger partial charge in [-0.3, -0.25) is 4.79 Å². The van der Waals surface area contributed by atoms with E-state index in [1.54, 1.807) is 44.2 Å². The van der Waals surface area contributed by atoms with Crippen molar-refractivity contribution in [2.24, 2.45) is 5.92 Å². The van der Waals surface area contributed by atoms with Gasteiger partial charge in [0.2, 0.25) is 5.91 Å². The van der Waals surface area contributed by atoms with Gasteiger partial charge < -0.3 is 15.0 Å². The molecule has 1 atom stereocenters. The van der Waals surface area contributed by atoms with Gasteiger partial charge in [0.05, 0.1) is 23.6 Å². The third-order valence-corrected chi connectivity index (χ3v) is 5.90. The average molecular weight is 437 g/mol. The van der Waals surface area contributed by atoms with Crippen LogP contribution in [0.15, 0.2) is 36.4 Å². The van der Waals surface area contributed by atoms with Gasteiger partial charge in [0.25, 0.3) is 0 Å². The molecule has 2 amide bonds. The van der Waals surface area contributed by atoms with Gasteiger partial charge in [0.1, 0.15) is 11.6 Å². The Hall–Kier alpha value is -3.36. The van der Waals surface area contributed by atoms with Crippen molar-refractivity contribution in [1.29, 1.82) is 10.5 Å². The molecule has 0 spiro atoms. The van der Waals surface area contributed by atoms with E-state index in [1.807, 2.05) is 24.3 Å². The first-order valence-electron chi connectivity index (χ1n) is 9.95. The Bertz CT molecular complexity index is 1030. The van der Waals surface area contributed by atoms with E-state index in [0.717, 1.165) is 15.3 Å². The van der Waals surface area contributed by atoms with Crippen molar-refractivity contribution in [2.45, 2.75) is 38.8 Å². The second-order valence-corrected chi connectivity index (χ2v) is 9.60. The fourth-order valence-corrected chi connectivity index (χ4v) is 4.15. The lowest BCUT2D eigenvalue weighted by atomic mass is 9.99. The van der Waals surface area contributed by atoms with Gasteiger partial charge in [-0.05, 0) is 50.6 Å². The molecule has 0 bridgehead atoms. The van der Waals surface area contributed by atoms with Crippen molar-refractivity contribution in [3.63, 3.8) is 0 Å².